The van der Waals surface area contributed by atoms with E-state index in [1.807, 2.05) is 6.07 Å². The van der Waals surface area contributed by atoms with Gasteiger partial charge in [-0.05, 0) is 30.7 Å². The topological polar surface area (TPSA) is 36.7 Å². The standard InChI is InChI=1S/C13H8ClFN2/c1-8-6-9(7-16)13(14)17-12(8)10-4-2-3-5-11(10)15/h2-6H,1H3. The molecule has 2 nitrogen and oxygen atoms in total. The van der Waals surface area contributed by atoms with E-state index < -0.39 is 0 Å². The zero-order valence-corrected chi connectivity index (χ0v) is 9.79. The molecule has 1 aromatic carbocycles. The molecule has 0 saturated heterocycles. The zero-order valence-electron chi connectivity index (χ0n) is 9.04. The van der Waals surface area contributed by atoms with Gasteiger partial charge in [-0.25, -0.2) is 9.37 Å². The summed E-state index contributed by atoms with van der Waals surface area (Å²) in [6.45, 7) is 1.77. The van der Waals surface area contributed by atoms with E-state index in [4.69, 9.17) is 16.9 Å². The summed E-state index contributed by atoms with van der Waals surface area (Å²) in [6.07, 6.45) is 0. The lowest BCUT2D eigenvalue weighted by atomic mass is 10.1. The summed E-state index contributed by atoms with van der Waals surface area (Å²) in [7, 11) is 0. The van der Waals surface area contributed by atoms with Crippen molar-refractivity contribution in [1.29, 1.82) is 5.26 Å². The van der Waals surface area contributed by atoms with Crippen LogP contribution in [0.2, 0.25) is 5.15 Å². The van der Waals surface area contributed by atoms with Crippen LogP contribution in [0.1, 0.15) is 11.1 Å². The molecule has 4 heteroatoms. The van der Waals surface area contributed by atoms with E-state index in [9.17, 15) is 4.39 Å². The molecule has 2 aromatic rings. The third-order valence-electron chi connectivity index (χ3n) is 2.42. The van der Waals surface area contributed by atoms with E-state index in [0.717, 1.165) is 5.56 Å². The molecule has 0 aliphatic rings. The number of hydrogen-bond donors (Lipinski definition) is 0. The van der Waals surface area contributed by atoms with Crippen LogP contribution in [0.5, 0.6) is 0 Å². The average Bonchev–Trinajstić information content (AvgIpc) is 2.32. The van der Waals surface area contributed by atoms with Crippen LogP contribution in [-0.4, -0.2) is 4.98 Å². The first-order valence-electron chi connectivity index (χ1n) is 4.95. The van der Waals surface area contributed by atoms with Gasteiger partial charge in [0, 0.05) is 5.56 Å². The summed E-state index contributed by atoms with van der Waals surface area (Å²) >= 11 is 5.85. The van der Waals surface area contributed by atoms with Crippen molar-refractivity contribution in [2.24, 2.45) is 0 Å². The molecule has 0 amide bonds. The van der Waals surface area contributed by atoms with Gasteiger partial charge in [0.05, 0.1) is 11.3 Å². The normalized spacial score (nSPS) is 10.0. The third kappa shape index (κ3) is 2.13. The van der Waals surface area contributed by atoms with Crippen molar-refractivity contribution in [3.05, 3.63) is 52.4 Å². The Morgan fingerprint density at radius 3 is 2.71 bits per heavy atom. The van der Waals surface area contributed by atoms with Gasteiger partial charge < -0.3 is 0 Å². The van der Waals surface area contributed by atoms with Crippen LogP contribution in [0.4, 0.5) is 4.39 Å². The average molecular weight is 247 g/mol. The summed E-state index contributed by atoms with van der Waals surface area (Å²) < 4.78 is 13.6. The molecular weight excluding hydrogens is 239 g/mol. The number of nitriles is 1. The molecule has 2 rings (SSSR count). The Hall–Kier alpha value is -1.92. The zero-order chi connectivity index (χ0) is 12.4. The molecule has 84 valence electrons. The van der Waals surface area contributed by atoms with Crippen molar-refractivity contribution < 1.29 is 4.39 Å². The predicted molar refractivity (Wildman–Crippen MR) is 64.1 cm³/mol. The molecule has 0 aliphatic heterocycles. The highest BCUT2D eigenvalue weighted by atomic mass is 35.5. The SMILES string of the molecule is Cc1cc(C#N)c(Cl)nc1-c1ccccc1F. The molecule has 0 unspecified atom stereocenters. The molecule has 0 spiro atoms. The first-order valence-corrected chi connectivity index (χ1v) is 5.33. The van der Waals surface area contributed by atoms with E-state index in [2.05, 4.69) is 4.98 Å². The Morgan fingerprint density at radius 1 is 1.35 bits per heavy atom. The lowest BCUT2D eigenvalue weighted by Gasteiger charge is -2.07. The maximum atomic E-state index is 13.6. The maximum absolute atomic E-state index is 13.6. The molecular formula is C13H8ClFN2. The van der Waals surface area contributed by atoms with Crippen molar-refractivity contribution >= 4 is 11.6 Å². The largest absolute Gasteiger partial charge is 0.234 e. The van der Waals surface area contributed by atoms with Crippen molar-refractivity contribution in [3.8, 4) is 17.3 Å². The number of rotatable bonds is 1. The highest BCUT2D eigenvalue weighted by Gasteiger charge is 2.12. The summed E-state index contributed by atoms with van der Waals surface area (Å²) in [5.74, 6) is -0.358. The van der Waals surface area contributed by atoms with Gasteiger partial charge >= 0.3 is 0 Å². The predicted octanol–water partition coefficient (Wildman–Crippen LogP) is 3.72. The van der Waals surface area contributed by atoms with Crippen LogP contribution in [0.15, 0.2) is 30.3 Å². The molecule has 1 heterocycles. The summed E-state index contributed by atoms with van der Waals surface area (Å²) in [5.41, 5.74) is 1.86. The minimum atomic E-state index is -0.358. The van der Waals surface area contributed by atoms with E-state index in [1.165, 1.54) is 6.07 Å². The lowest BCUT2D eigenvalue weighted by molar-refractivity contribution is 0.630. The van der Waals surface area contributed by atoms with Crippen molar-refractivity contribution in [3.63, 3.8) is 0 Å². The summed E-state index contributed by atoms with van der Waals surface area (Å²) in [4.78, 5) is 4.08. The quantitative estimate of drug-likeness (QED) is 0.719. The van der Waals surface area contributed by atoms with Crippen LogP contribution in [0.25, 0.3) is 11.3 Å². The monoisotopic (exact) mass is 246 g/mol. The Bertz CT molecular complexity index is 617. The number of benzene rings is 1. The molecule has 0 aliphatic carbocycles. The molecule has 0 fully saturated rings. The van der Waals surface area contributed by atoms with Gasteiger partial charge in [-0.15, -0.1) is 0 Å². The minimum absolute atomic E-state index is 0.0938. The Kier molecular flexibility index (Phi) is 3.08. The van der Waals surface area contributed by atoms with E-state index in [-0.39, 0.29) is 11.0 Å². The van der Waals surface area contributed by atoms with Crippen molar-refractivity contribution in [2.75, 3.05) is 0 Å². The second kappa shape index (κ2) is 4.52. The van der Waals surface area contributed by atoms with Gasteiger partial charge in [-0.2, -0.15) is 5.26 Å². The Labute approximate surface area is 103 Å². The molecule has 0 atom stereocenters. The number of aromatic nitrogens is 1. The molecule has 0 saturated carbocycles. The fourth-order valence-corrected chi connectivity index (χ4v) is 1.78. The fraction of sp³-hybridized carbons (Fsp3) is 0.0769. The summed E-state index contributed by atoms with van der Waals surface area (Å²) in [6, 6.07) is 9.88. The number of pyridine rings is 1. The van der Waals surface area contributed by atoms with E-state index in [0.29, 0.717) is 16.8 Å². The second-order valence-corrected chi connectivity index (χ2v) is 3.94. The number of aryl methyl sites for hydroxylation is 1. The van der Waals surface area contributed by atoms with Crippen LogP contribution in [0.3, 0.4) is 0 Å². The third-order valence-corrected chi connectivity index (χ3v) is 2.70. The van der Waals surface area contributed by atoms with Gasteiger partial charge in [-0.1, -0.05) is 23.7 Å². The number of nitrogens with zero attached hydrogens (tertiary/aromatic N) is 2. The number of hydrogen-bond acceptors (Lipinski definition) is 2. The molecule has 1 aromatic heterocycles. The summed E-state index contributed by atoms with van der Waals surface area (Å²) in [5, 5.41) is 8.90. The van der Waals surface area contributed by atoms with Crippen LogP contribution in [0, 0.1) is 24.1 Å². The highest BCUT2D eigenvalue weighted by Crippen LogP contribution is 2.27. The van der Waals surface area contributed by atoms with E-state index >= 15 is 0 Å². The number of halogens is 2. The van der Waals surface area contributed by atoms with Gasteiger partial charge in [0.2, 0.25) is 0 Å². The minimum Gasteiger partial charge on any atom is -0.234 e. The van der Waals surface area contributed by atoms with Crippen LogP contribution < -0.4 is 0 Å². The first-order chi connectivity index (χ1) is 8.13. The maximum Gasteiger partial charge on any atom is 0.147 e. The van der Waals surface area contributed by atoms with Gasteiger partial charge in [0.1, 0.15) is 17.0 Å². The van der Waals surface area contributed by atoms with E-state index in [1.54, 1.807) is 31.2 Å². The van der Waals surface area contributed by atoms with Crippen molar-refractivity contribution in [1.82, 2.24) is 4.98 Å². The van der Waals surface area contributed by atoms with Crippen LogP contribution >= 0.6 is 11.6 Å². The Morgan fingerprint density at radius 2 is 2.06 bits per heavy atom. The van der Waals surface area contributed by atoms with Gasteiger partial charge in [0.25, 0.3) is 0 Å². The molecule has 0 bridgehead atoms. The fourth-order valence-electron chi connectivity index (χ4n) is 1.60. The first kappa shape index (κ1) is 11.6. The molecule has 0 N–H and O–H groups in total. The van der Waals surface area contributed by atoms with Gasteiger partial charge in [-0.3, -0.25) is 0 Å². The van der Waals surface area contributed by atoms with Crippen molar-refractivity contribution in [2.45, 2.75) is 6.92 Å². The molecule has 17 heavy (non-hydrogen) atoms. The highest BCUT2D eigenvalue weighted by molar-refractivity contribution is 6.30. The smallest absolute Gasteiger partial charge is 0.147 e. The molecule has 0 radical (unpaired) electrons. The second-order valence-electron chi connectivity index (χ2n) is 3.58. The lowest BCUT2D eigenvalue weighted by Crippen LogP contribution is -1.94. The Balaban J connectivity index is 2.66. The van der Waals surface area contributed by atoms with Gasteiger partial charge in [0.15, 0.2) is 0 Å². The van der Waals surface area contributed by atoms with Crippen LogP contribution in [-0.2, 0) is 0 Å².